The summed E-state index contributed by atoms with van der Waals surface area (Å²) in [6, 6.07) is 10.6. The van der Waals surface area contributed by atoms with Gasteiger partial charge in [-0.2, -0.15) is 0 Å². The Hall–Kier alpha value is -2.62. The van der Waals surface area contributed by atoms with Crippen LogP contribution in [0.3, 0.4) is 0 Å². The molecule has 0 unspecified atom stereocenters. The number of carbonyl (C=O) groups is 1. The second kappa shape index (κ2) is 6.65. The molecule has 1 amide bonds. The fourth-order valence-electron chi connectivity index (χ4n) is 2.79. The Morgan fingerprint density at radius 3 is 2.78 bits per heavy atom. The van der Waals surface area contributed by atoms with Crippen LogP contribution in [0.2, 0.25) is 0 Å². The number of hydrogen-bond acceptors (Lipinski definition) is 2. The highest BCUT2D eigenvalue weighted by molar-refractivity contribution is 6.02. The lowest BCUT2D eigenvalue weighted by Crippen LogP contribution is -2.08. The maximum Gasteiger partial charge on any atom is 0.248 e. The molecule has 3 rings (SSSR count). The van der Waals surface area contributed by atoms with Crippen LogP contribution >= 0.6 is 0 Å². The maximum absolute atomic E-state index is 13.6. The quantitative estimate of drug-likeness (QED) is 0.868. The molecular formula is C19H18FNO2. The zero-order valence-corrected chi connectivity index (χ0v) is 12.9. The zero-order chi connectivity index (χ0) is 16.2. The van der Waals surface area contributed by atoms with Crippen LogP contribution in [0.25, 0.3) is 6.08 Å². The number of anilines is 1. The van der Waals surface area contributed by atoms with Crippen molar-refractivity contribution < 1.29 is 13.9 Å². The van der Waals surface area contributed by atoms with Crippen LogP contribution in [-0.2, 0) is 17.6 Å². The summed E-state index contributed by atoms with van der Waals surface area (Å²) >= 11 is 0. The summed E-state index contributed by atoms with van der Waals surface area (Å²) < 4.78 is 18.5. The molecule has 0 spiro atoms. The van der Waals surface area contributed by atoms with E-state index in [0.29, 0.717) is 5.56 Å². The highest BCUT2D eigenvalue weighted by Gasteiger charge is 2.11. The van der Waals surface area contributed by atoms with Crippen LogP contribution < -0.4 is 10.1 Å². The van der Waals surface area contributed by atoms with Crippen molar-refractivity contribution in [1.82, 2.24) is 0 Å². The molecule has 0 aromatic heterocycles. The maximum atomic E-state index is 13.6. The molecule has 118 valence electrons. The Bertz CT molecular complexity index is 768. The average Bonchev–Trinajstić information content (AvgIpc) is 3.01. The zero-order valence-electron chi connectivity index (χ0n) is 12.9. The van der Waals surface area contributed by atoms with Crippen LogP contribution in [0.5, 0.6) is 5.75 Å². The summed E-state index contributed by atoms with van der Waals surface area (Å²) in [5, 5.41) is 2.83. The standard InChI is InChI=1S/C19H18FNO2/c1-23-18-9-5-13(11-17(18)20)6-10-19(22)21-16-8-7-14-3-2-4-15(14)12-16/h5-12H,2-4H2,1H3,(H,21,22)/b10-6+. The highest BCUT2D eigenvalue weighted by atomic mass is 19.1. The summed E-state index contributed by atoms with van der Waals surface area (Å²) in [4.78, 5) is 12.0. The van der Waals surface area contributed by atoms with Gasteiger partial charge in [0, 0.05) is 11.8 Å². The van der Waals surface area contributed by atoms with E-state index in [9.17, 15) is 9.18 Å². The Kier molecular flexibility index (Phi) is 4.42. The number of nitrogens with one attached hydrogen (secondary N) is 1. The Labute approximate surface area is 134 Å². The van der Waals surface area contributed by atoms with E-state index in [0.717, 1.165) is 18.5 Å². The van der Waals surface area contributed by atoms with E-state index >= 15 is 0 Å². The largest absolute Gasteiger partial charge is 0.494 e. The Morgan fingerprint density at radius 1 is 1.17 bits per heavy atom. The third-order valence-corrected chi connectivity index (χ3v) is 3.97. The highest BCUT2D eigenvalue weighted by Crippen LogP contribution is 2.25. The lowest BCUT2D eigenvalue weighted by atomic mass is 10.1. The van der Waals surface area contributed by atoms with Crippen LogP contribution in [0.1, 0.15) is 23.1 Å². The van der Waals surface area contributed by atoms with Gasteiger partial charge >= 0.3 is 0 Å². The Balaban J connectivity index is 1.66. The first kappa shape index (κ1) is 15.3. The van der Waals surface area contributed by atoms with E-state index < -0.39 is 5.82 Å². The molecule has 0 heterocycles. The average molecular weight is 311 g/mol. The summed E-state index contributed by atoms with van der Waals surface area (Å²) in [7, 11) is 1.41. The van der Waals surface area contributed by atoms with Crippen molar-refractivity contribution in [3.63, 3.8) is 0 Å². The van der Waals surface area contributed by atoms with Crippen molar-refractivity contribution >= 4 is 17.7 Å². The number of halogens is 1. The molecule has 2 aromatic carbocycles. The first-order valence-electron chi connectivity index (χ1n) is 7.60. The third-order valence-electron chi connectivity index (χ3n) is 3.97. The second-order valence-electron chi connectivity index (χ2n) is 5.55. The predicted octanol–water partition coefficient (Wildman–Crippen LogP) is 3.97. The van der Waals surface area contributed by atoms with Crippen molar-refractivity contribution in [3.05, 3.63) is 65.0 Å². The van der Waals surface area contributed by atoms with Crippen LogP contribution in [0.15, 0.2) is 42.5 Å². The van der Waals surface area contributed by atoms with Gasteiger partial charge in [0.25, 0.3) is 0 Å². The summed E-state index contributed by atoms with van der Waals surface area (Å²) in [5.41, 5.74) is 4.07. The van der Waals surface area contributed by atoms with Crippen molar-refractivity contribution in [1.29, 1.82) is 0 Å². The molecular weight excluding hydrogens is 293 g/mol. The van der Waals surface area contributed by atoms with Gasteiger partial charge < -0.3 is 10.1 Å². The molecule has 1 aliphatic carbocycles. The SMILES string of the molecule is COc1ccc(/C=C/C(=O)Nc2ccc3c(c2)CCC3)cc1F. The number of fused-ring (bicyclic) bond motifs is 1. The number of hydrogen-bond donors (Lipinski definition) is 1. The van der Waals surface area contributed by atoms with E-state index in [2.05, 4.69) is 11.4 Å². The van der Waals surface area contributed by atoms with Gasteiger partial charge in [-0.15, -0.1) is 0 Å². The van der Waals surface area contributed by atoms with E-state index in [1.807, 2.05) is 12.1 Å². The lowest BCUT2D eigenvalue weighted by Gasteiger charge is -2.05. The monoisotopic (exact) mass is 311 g/mol. The summed E-state index contributed by atoms with van der Waals surface area (Å²) in [5.74, 6) is -0.502. The molecule has 0 aliphatic heterocycles. The third kappa shape index (κ3) is 3.59. The van der Waals surface area contributed by atoms with Gasteiger partial charge in [0.2, 0.25) is 5.91 Å². The molecule has 23 heavy (non-hydrogen) atoms. The summed E-state index contributed by atoms with van der Waals surface area (Å²) in [6.45, 7) is 0. The fraction of sp³-hybridized carbons (Fsp3) is 0.211. The van der Waals surface area contributed by atoms with Crippen molar-refractivity contribution in [2.24, 2.45) is 0 Å². The van der Waals surface area contributed by atoms with Crippen molar-refractivity contribution in [2.45, 2.75) is 19.3 Å². The minimum Gasteiger partial charge on any atom is -0.494 e. The minimum atomic E-state index is -0.450. The molecule has 1 N–H and O–H groups in total. The molecule has 0 saturated heterocycles. The molecule has 4 heteroatoms. The van der Waals surface area contributed by atoms with Crippen LogP contribution in [-0.4, -0.2) is 13.0 Å². The molecule has 1 aliphatic rings. The first-order valence-corrected chi connectivity index (χ1v) is 7.60. The minimum absolute atomic E-state index is 0.185. The predicted molar refractivity (Wildman–Crippen MR) is 89.1 cm³/mol. The molecule has 3 nitrogen and oxygen atoms in total. The van der Waals surface area contributed by atoms with Gasteiger partial charge in [0.1, 0.15) is 0 Å². The van der Waals surface area contributed by atoms with E-state index in [1.165, 1.54) is 42.9 Å². The Morgan fingerprint density at radius 2 is 2.00 bits per heavy atom. The van der Waals surface area contributed by atoms with Gasteiger partial charge in [0.05, 0.1) is 7.11 Å². The van der Waals surface area contributed by atoms with Gasteiger partial charge in [-0.05, 0) is 66.3 Å². The molecule has 0 bridgehead atoms. The molecule has 0 atom stereocenters. The van der Waals surface area contributed by atoms with E-state index in [-0.39, 0.29) is 11.7 Å². The van der Waals surface area contributed by atoms with E-state index in [1.54, 1.807) is 12.1 Å². The fourth-order valence-corrected chi connectivity index (χ4v) is 2.79. The van der Waals surface area contributed by atoms with Crippen molar-refractivity contribution in [2.75, 3.05) is 12.4 Å². The number of aryl methyl sites for hydroxylation is 2. The van der Waals surface area contributed by atoms with Gasteiger partial charge in [-0.25, -0.2) is 4.39 Å². The number of amides is 1. The molecule has 0 saturated carbocycles. The van der Waals surface area contributed by atoms with Crippen molar-refractivity contribution in [3.8, 4) is 5.75 Å². The number of carbonyl (C=O) groups excluding carboxylic acids is 1. The smallest absolute Gasteiger partial charge is 0.248 e. The van der Waals surface area contributed by atoms with Gasteiger partial charge in [-0.3, -0.25) is 4.79 Å². The molecule has 2 aromatic rings. The number of benzene rings is 2. The van der Waals surface area contributed by atoms with E-state index in [4.69, 9.17) is 4.74 Å². The van der Waals surface area contributed by atoms with Gasteiger partial charge in [-0.1, -0.05) is 12.1 Å². The lowest BCUT2D eigenvalue weighted by molar-refractivity contribution is -0.111. The number of methoxy groups -OCH3 is 1. The second-order valence-corrected chi connectivity index (χ2v) is 5.55. The van der Waals surface area contributed by atoms with Crippen LogP contribution in [0.4, 0.5) is 10.1 Å². The number of rotatable bonds is 4. The first-order chi connectivity index (χ1) is 11.2. The number of ether oxygens (including phenoxy) is 1. The molecule has 0 radical (unpaired) electrons. The normalized spacial score (nSPS) is 13.1. The van der Waals surface area contributed by atoms with Gasteiger partial charge in [0.15, 0.2) is 11.6 Å². The topological polar surface area (TPSA) is 38.3 Å². The molecule has 0 fully saturated rings. The van der Waals surface area contributed by atoms with Crippen LogP contribution in [0, 0.1) is 5.82 Å². The summed E-state index contributed by atoms with van der Waals surface area (Å²) in [6.07, 6.45) is 6.34.